The Morgan fingerprint density at radius 3 is 2.37 bits per heavy atom. The third-order valence-electron chi connectivity index (χ3n) is 5.28. The number of ketones is 1. The van der Waals surface area contributed by atoms with Crippen LogP contribution in [0.15, 0.2) is 41.4 Å². The number of benzene rings is 2. The fraction of sp³-hybridized carbons (Fsp3) is 0.360. The smallest absolute Gasteiger partial charge is 0.206 e. The van der Waals surface area contributed by atoms with Crippen molar-refractivity contribution in [3.05, 3.63) is 58.7 Å². The topological polar surface area (TPSA) is 74.8 Å². The van der Waals surface area contributed by atoms with Crippen molar-refractivity contribution in [2.45, 2.75) is 47.0 Å². The van der Waals surface area contributed by atoms with E-state index in [1.165, 1.54) is 0 Å². The summed E-state index contributed by atoms with van der Waals surface area (Å²) in [6.07, 6.45) is 1.70. The van der Waals surface area contributed by atoms with Crippen LogP contribution in [0, 0.1) is 20.8 Å². The number of aryl methyl sites for hydroxylation is 3. The minimum absolute atomic E-state index is 0.0381. The molecule has 0 radical (unpaired) electrons. The standard InChI is InChI=1S/C25H30N2O3/c1-16-8-9-22-23(14-16)27(20-12-17(2)11-18(3)13-20)25(30)24(22)19(4)26-15-21(29)7-5-6-10-28/h8-9,11-14,28,30H,5-7,10,15H2,1-4H3. The van der Waals surface area contributed by atoms with E-state index < -0.39 is 0 Å². The van der Waals surface area contributed by atoms with Crippen molar-refractivity contribution in [3.8, 4) is 11.6 Å². The molecular formula is C25H30N2O3. The number of rotatable bonds is 8. The SMILES string of the molecule is CC(=NCC(=O)CCCCO)c1c(O)n(-c2cc(C)cc(C)c2)c2cc(C)ccc12. The van der Waals surface area contributed by atoms with Crippen molar-refractivity contribution in [1.82, 2.24) is 4.57 Å². The molecule has 0 aliphatic carbocycles. The van der Waals surface area contributed by atoms with Crippen LogP contribution >= 0.6 is 0 Å². The number of nitrogens with zero attached hydrogens (tertiary/aromatic N) is 2. The van der Waals surface area contributed by atoms with Crippen LogP contribution in [0.2, 0.25) is 0 Å². The average molecular weight is 407 g/mol. The average Bonchev–Trinajstić information content (AvgIpc) is 2.96. The molecule has 0 unspecified atom stereocenters. The van der Waals surface area contributed by atoms with Gasteiger partial charge in [0.15, 0.2) is 5.78 Å². The van der Waals surface area contributed by atoms with Crippen molar-refractivity contribution in [2.75, 3.05) is 13.2 Å². The molecule has 30 heavy (non-hydrogen) atoms. The second kappa shape index (κ2) is 9.26. The molecule has 0 amide bonds. The maximum atomic E-state index is 12.1. The number of carbonyl (C=O) groups is 1. The number of aromatic hydroxyl groups is 1. The monoisotopic (exact) mass is 406 g/mol. The van der Waals surface area contributed by atoms with Gasteiger partial charge in [-0.15, -0.1) is 0 Å². The van der Waals surface area contributed by atoms with Crippen LogP contribution in [0.4, 0.5) is 0 Å². The van der Waals surface area contributed by atoms with Gasteiger partial charge in [-0.05, 0) is 75.4 Å². The molecule has 3 rings (SSSR count). The zero-order valence-electron chi connectivity index (χ0n) is 18.2. The van der Waals surface area contributed by atoms with Crippen LogP contribution in [-0.2, 0) is 4.79 Å². The summed E-state index contributed by atoms with van der Waals surface area (Å²) in [6.45, 7) is 8.13. The lowest BCUT2D eigenvalue weighted by Crippen LogP contribution is -2.06. The van der Waals surface area contributed by atoms with Crippen LogP contribution < -0.4 is 0 Å². The molecule has 0 aliphatic heterocycles. The van der Waals surface area contributed by atoms with Crippen LogP contribution in [0.3, 0.4) is 0 Å². The molecule has 5 nitrogen and oxygen atoms in total. The molecule has 0 spiro atoms. The minimum Gasteiger partial charge on any atom is -0.494 e. The molecule has 0 bridgehead atoms. The molecule has 0 fully saturated rings. The van der Waals surface area contributed by atoms with Gasteiger partial charge < -0.3 is 10.2 Å². The van der Waals surface area contributed by atoms with Gasteiger partial charge in [-0.3, -0.25) is 14.4 Å². The molecular weight excluding hydrogens is 376 g/mol. The van der Waals surface area contributed by atoms with Gasteiger partial charge in [-0.2, -0.15) is 0 Å². The first-order valence-electron chi connectivity index (χ1n) is 10.4. The van der Waals surface area contributed by atoms with Gasteiger partial charge in [-0.1, -0.05) is 18.2 Å². The fourth-order valence-electron chi connectivity index (χ4n) is 3.88. The van der Waals surface area contributed by atoms with Gasteiger partial charge in [0.1, 0.15) is 0 Å². The third-order valence-corrected chi connectivity index (χ3v) is 5.28. The molecule has 0 saturated heterocycles. The summed E-state index contributed by atoms with van der Waals surface area (Å²) in [5.41, 5.74) is 6.47. The number of aromatic nitrogens is 1. The summed E-state index contributed by atoms with van der Waals surface area (Å²) >= 11 is 0. The highest BCUT2D eigenvalue weighted by Gasteiger charge is 2.20. The van der Waals surface area contributed by atoms with Gasteiger partial charge in [0.2, 0.25) is 5.88 Å². The number of fused-ring (bicyclic) bond motifs is 1. The van der Waals surface area contributed by atoms with E-state index in [9.17, 15) is 9.90 Å². The molecule has 5 heteroatoms. The summed E-state index contributed by atoms with van der Waals surface area (Å²) in [7, 11) is 0. The quantitative estimate of drug-likeness (QED) is 0.417. The van der Waals surface area contributed by atoms with Crippen molar-refractivity contribution >= 4 is 22.4 Å². The van der Waals surface area contributed by atoms with E-state index in [1.54, 1.807) is 0 Å². The van der Waals surface area contributed by atoms with E-state index in [2.05, 4.69) is 29.3 Å². The van der Waals surface area contributed by atoms with Crippen molar-refractivity contribution < 1.29 is 15.0 Å². The van der Waals surface area contributed by atoms with Crippen LogP contribution in [0.25, 0.3) is 16.6 Å². The lowest BCUT2D eigenvalue weighted by atomic mass is 10.1. The molecule has 2 N–H and O–H groups in total. The Kier molecular flexibility index (Phi) is 6.73. The lowest BCUT2D eigenvalue weighted by Gasteiger charge is -2.10. The molecule has 0 atom stereocenters. The lowest BCUT2D eigenvalue weighted by molar-refractivity contribution is -0.117. The predicted octanol–water partition coefficient (Wildman–Crippen LogP) is 4.80. The Balaban J connectivity index is 2.06. The zero-order valence-corrected chi connectivity index (χ0v) is 18.2. The van der Waals surface area contributed by atoms with Crippen molar-refractivity contribution in [1.29, 1.82) is 0 Å². The summed E-state index contributed by atoms with van der Waals surface area (Å²) < 4.78 is 1.86. The predicted molar refractivity (Wildman–Crippen MR) is 122 cm³/mol. The highest BCUT2D eigenvalue weighted by atomic mass is 16.3. The van der Waals surface area contributed by atoms with E-state index in [0.29, 0.717) is 30.5 Å². The fourth-order valence-corrected chi connectivity index (χ4v) is 3.88. The van der Waals surface area contributed by atoms with Gasteiger partial charge in [0.05, 0.1) is 17.6 Å². The first kappa shape index (κ1) is 21.8. The zero-order chi connectivity index (χ0) is 21.8. The molecule has 1 heterocycles. The minimum atomic E-state index is 0.0381. The molecule has 158 valence electrons. The first-order chi connectivity index (χ1) is 14.3. The number of aliphatic imine (C=N–C) groups is 1. The summed E-state index contributed by atoms with van der Waals surface area (Å²) in [5.74, 6) is 0.172. The van der Waals surface area contributed by atoms with Gasteiger partial charge in [0.25, 0.3) is 0 Å². The van der Waals surface area contributed by atoms with Gasteiger partial charge >= 0.3 is 0 Å². The molecule has 2 aromatic carbocycles. The van der Waals surface area contributed by atoms with E-state index in [0.717, 1.165) is 33.3 Å². The van der Waals surface area contributed by atoms with Crippen LogP contribution in [0.5, 0.6) is 5.88 Å². The first-order valence-corrected chi connectivity index (χ1v) is 10.4. The second-order valence-corrected chi connectivity index (χ2v) is 8.02. The highest BCUT2D eigenvalue weighted by molar-refractivity contribution is 6.13. The van der Waals surface area contributed by atoms with Gasteiger partial charge in [0, 0.05) is 29.8 Å². The van der Waals surface area contributed by atoms with E-state index in [4.69, 9.17) is 5.11 Å². The van der Waals surface area contributed by atoms with E-state index >= 15 is 0 Å². The number of carbonyl (C=O) groups excluding carboxylic acids is 1. The third kappa shape index (κ3) is 4.62. The van der Waals surface area contributed by atoms with Gasteiger partial charge in [-0.25, -0.2) is 0 Å². The highest BCUT2D eigenvalue weighted by Crippen LogP contribution is 2.36. The summed E-state index contributed by atoms with van der Waals surface area (Å²) in [4.78, 5) is 16.6. The maximum Gasteiger partial charge on any atom is 0.206 e. The number of hydrogen-bond acceptors (Lipinski definition) is 4. The molecule has 0 aliphatic rings. The normalized spacial score (nSPS) is 12.0. The van der Waals surface area contributed by atoms with Crippen LogP contribution in [-0.4, -0.2) is 39.4 Å². The summed E-state index contributed by atoms with van der Waals surface area (Å²) in [5, 5.41) is 21.0. The Labute approximate surface area is 177 Å². The largest absolute Gasteiger partial charge is 0.494 e. The number of unbranched alkanes of at least 4 members (excludes halogenated alkanes) is 1. The van der Waals surface area contributed by atoms with Crippen molar-refractivity contribution in [2.24, 2.45) is 4.99 Å². The Bertz CT molecular complexity index is 1090. The van der Waals surface area contributed by atoms with E-state index in [-0.39, 0.29) is 24.8 Å². The van der Waals surface area contributed by atoms with E-state index in [1.807, 2.05) is 44.4 Å². The second-order valence-electron chi connectivity index (χ2n) is 8.02. The van der Waals surface area contributed by atoms with Crippen LogP contribution in [0.1, 0.15) is 48.4 Å². The number of aliphatic hydroxyl groups is 1. The Hall–Kier alpha value is -2.92. The number of Topliss-reactive ketones (excluding diaryl/α,β-unsaturated/α-hetero) is 1. The number of aliphatic hydroxyl groups excluding tert-OH is 1. The molecule has 3 aromatic rings. The Morgan fingerprint density at radius 1 is 1.00 bits per heavy atom. The molecule has 0 saturated carbocycles. The number of hydrogen-bond donors (Lipinski definition) is 2. The Morgan fingerprint density at radius 2 is 1.70 bits per heavy atom. The molecule has 1 aromatic heterocycles. The summed E-state index contributed by atoms with van der Waals surface area (Å²) in [6, 6.07) is 12.3. The maximum absolute atomic E-state index is 12.1. The van der Waals surface area contributed by atoms with Crippen molar-refractivity contribution in [3.63, 3.8) is 0 Å².